The van der Waals surface area contributed by atoms with E-state index >= 15 is 0 Å². The molecule has 1 aromatic rings. The average Bonchev–Trinajstić information content (AvgIpc) is 3.09. The molecular formula is C10H13N3O3. The number of esters is 1. The van der Waals surface area contributed by atoms with Crippen molar-refractivity contribution in [3.05, 3.63) is 17.8 Å². The first-order valence-corrected chi connectivity index (χ1v) is 5.00. The van der Waals surface area contributed by atoms with Crippen LogP contribution in [0, 0.1) is 0 Å². The number of aliphatic hydroxyl groups is 1. The SMILES string of the molecule is COC(=O)c1ccc(NC2(CO)CC2)nn1. The Labute approximate surface area is 92.6 Å². The number of carbonyl (C=O) groups is 1. The number of anilines is 1. The van der Waals surface area contributed by atoms with Gasteiger partial charge in [0.1, 0.15) is 5.82 Å². The van der Waals surface area contributed by atoms with Crippen LogP contribution in [-0.2, 0) is 4.74 Å². The number of carbonyl (C=O) groups excluding carboxylic acids is 1. The molecule has 1 aromatic heterocycles. The zero-order valence-corrected chi connectivity index (χ0v) is 8.93. The highest BCUT2D eigenvalue weighted by Gasteiger charge is 2.42. The Morgan fingerprint density at radius 3 is 2.75 bits per heavy atom. The molecule has 0 aromatic carbocycles. The summed E-state index contributed by atoms with van der Waals surface area (Å²) in [6.45, 7) is 0.0768. The summed E-state index contributed by atoms with van der Waals surface area (Å²) in [5, 5.41) is 19.8. The van der Waals surface area contributed by atoms with E-state index in [1.54, 1.807) is 6.07 Å². The largest absolute Gasteiger partial charge is 0.464 e. The van der Waals surface area contributed by atoms with Gasteiger partial charge in [-0.25, -0.2) is 4.79 Å². The first-order valence-electron chi connectivity index (χ1n) is 5.00. The number of hydrogen-bond donors (Lipinski definition) is 2. The number of rotatable bonds is 4. The summed E-state index contributed by atoms with van der Waals surface area (Å²) >= 11 is 0. The Bertz CT molecular complexity index is 387. The number of aromatic nitrogens is 2. The molecule has 1 heterocycles. The van der Waals surface area contributed by atoms with E-state index in [0.717, 1.165) is 12.8 Å². The summed E-state index contributed by atoms with van der Waals surface area (Å²) in [7, 11) is 1.29. The normalized spacial score (nSPS) is 16.6. The maximum Gasteiger partial charge on any atom is 0.358 e. The number of hydrogen-bond acceptors (Lipinski definition) is 6. The number of nitrogens with zero attached hydrogens (tertiary/aromatic N) is 2. The first-order chi connectivity index (χ1) is 7.69. The van der Waals surface area contributed by atoms with Gasteiger partial charge in [0, 0.05) is 0 Å². The summed E-state index contributed by atoms with van der Waals surface area (Å²) in [5.74, 6) is 0.0431. The van der Waals surface area contributed by atoms with Gasteiger partial charge in [0.2, 0.25) is 0 Å². The second-order valence-electron chi connectivity index (χ2n) is 3.86. The fraction of sp³-hybridized carbons (Fsp3) is 0.500. The van der Waals surface area contributed by atoms with Gasteiger partial charge in [-0.05, 0) is 25.0 Å². The molecule has 1 aliphatic rings. The van der Waals surface area contributed by atoms with Crippen LogP contribution in [0.25, 0.3) is 0 Å². The van der Waals surface area contributed by atoms with Gasteiger partial charge in [0.25, 0.3) is 0 Å². The Balaban J connectivity index is 2.05. The van der Waals surface area contributed by atoms with E-state index in [9.17, 15) is 4.79 Å². The predicted molar refractivity (Wildman–Crippen MR) is 56.0 cm³/mol. The van der Waals surface area contributed by atoms with Crippen LogP contribution in [0.4, 0.5) is 5.82 Å². The fourth-order valence-corrected chi connectivity index (χ4v) is 1.36. The highest BCUT2D eigenvalue weighted by molar-refractivity contribution is 5.86. The van der Waals surface area contributed by atoms with Gasteiger partial charge in [-0.2, -0.15) is 0 Å². The molecule has 0 radical (unpaired) electrons. The van der Waals surface area contributed by atoms with Gasteiger partial charge in [-0.1, -0.05) is 0 Å². The van der Waals surface area contributed by atoms with Gasteiger partial charge in [-0.15, -0.1) is 10.2 Å². The fourth-order valence-electron chi connectivity index (χ4n) is 1.36. The van der Waals surface area contributed by atoms with Crippen molar-refractivity contribution >= 4 is 11.8 Å². The predicted octanol–water partition coefficient (Wildman–Crippen LogP) is 0.200. The molecule has 0 bridgehead atoms. The second-order valence-corrected chi connectivity index (χ2v) is 3.86. The molecule has 0 spiro atoms. The third-order valence-corrected chi connectivity index (χ3v) is 2.61. The van der Waals surface area contributed by atoms with Gasteiger partial charge in [0.15, 0.2) is 5.69 Å². The van der Waals surface area contributed by atoms with Crippen molar-refractivity contribution in [1.82, 2.24) is 10.2 Å². The van der Waals surface area contributed by atoms with Gasteiger partial charge < -0.3 is 15.2 Å². The van der Waals surface area contributed by atoms with Crippen LogP contribution in [0.5, 0.6) is 0 Å². The maximum absolute atomic E-state index is 11.1. The molecule has 86 valence electrons. The molecule has 0 saturated heterocycles. The molecule has 6 heteroatoms. The molecule has 16 heavy (non-hydrogen) atoms. The molecular weight excluding hydrogens is 210 g/mol. The van der Waals surface area contributed by atoms with Gasteiger partial charge >= 0.3 is 5.97 Å². The summed E-state index contributed by atoms with van der Waals surface area (Å²) in [5.41, 5.74) is -0.0662. The van der Waals surface area contributed by atoms with Crippen LogP contribution < -0.4 is 5.32 Å². The smallest absolute Gasteiger partial charge is 0.358 e. The van der Waals surface area contributed by atoms with E-state index in [0.29, 0.717) is 5.82 Å². The minimum absolute atomic E-state index is 0.0768. The highest BCUT2D eigenvalue weighted by atomic mass is 16.5. The molecule has 2 N–H and O–H groups in total. The van der Waals surface area contributed by atoms with Crippen LogP contribution in [0.1, 0.15) is 23.3 Å². The molecule has 0 unspecified atom stereocenters. The third-order valence-electron chi connectivity index (χ3n) is 2.61. The monoisotopic (exact) mass is 223 g/mol. The van der Waals surface area contributed by atoms with Crippen molar-refractivity contribution in [2.75, 3.05) is 19.0 Å². The Morgan fingerprint density at radius 2 is 2.31 bits per heavy atom. The van der Waals surface area contributed by atoms with Crippen molar-refractivity contribution in [2.24, 2.45) is 0 Å². The summed E-state index contributed by atoms with van der Waals surface area (Å²) < 4.78 is 4.51. The van der Waals surface area contributed by atoms with Crippen molar-refractivity contribution in [3.63, 3.8) is 0 Å². The highest BCUT2D eigenvalue weighted by Crippen LogP contribution is 2.37. The topological polar surface area (TPSA) is 84.3 Å². The molecule has 6 nitrogen and oxygen atoms in total. The van der Waals surface area contributed by atoms with E-state index in [1.807, 2.05) is 0 Å². The quantitative estimate of drug-likeness (QED) is 0.709. The van der Waals surface area contributed by atoms with Crippen LogP contribution in [0.15, 0.2) is 12.1 Å². The minimum atomic E-state index is -0.512. The molecule has 0 aliphatic heterocycles. The number of methoxy groups -OCH3 is 1. The number of nitrogens with one attached hydrogen (secondary N) is 1. The third kappa shape index (κ3) is 2.11. The number of aliphatic hydroxyl groups excluding tert-OH is 1. The Morgan fingerprint density at radius 1 is 1.56 bits per heavy atom. The lowest BCUT2D eigenvalue weighted by molar-refractivity contribution is 0.0593. The van der Waals surface area contributed by atoms with E-state index < -0.39 is 5.97 Å². The van der Waals surface area contributed by atoms with Crippen LogP contribution in [-0.4, -0.2) is 40.5 Å². The van der Waals surface area contributed by atoms with Crippen LogP contribution in [0.3, 0.4) is 0 Å². The molecule has 0 atom stereocenters. The maximum atomic E-state index is 11.1. The molecule has 1 saturated carbocycles. The van der Waals surface area contributed by atoms with Crippen molar-refractivity contribution in [1.29, 1.82) is 0 Å². The second kappa shape index (κ2) is 4.05. The summed E-state index contributed by atoms with van der Waals surface area (Å²) in [6, 6.07) is 3.18. The zero-order chi connectivity index (χ0) is 11.6. The summed E-state index contributed by atoms with van der Waals surface area (Å²) in [6.07, 6.45) is 1.84. The molecule has 2 rings (SSSR count). The Hall–Kier alpha value is -1.69. The lowest BCUT2D eigenvalue weighted by Gasteiger charge is -2.13. The molecule has 0 amide bonds. The van der Waals surface area contributed by atoms with E-state index in [1.165, 1.54) is 13.2 Å². The first kappa shape index (κ1) is 10.8. The van der Waals surface area contributed by atoms with Gasteiger partial charge in [-0.3, -0.25) is 0 Å². The molecule has 1 aliphatic carbocycles. The van der Waals surface area contributed by atoms with Crippen molar-refractivity contribution in [3.8, 4) is 0 Å². The summed E-state index contributed by atoms with van der Waals surface area (Å²) in [4.78, 5) is 11.1. The Kier molecular flexibility index (Phi) is 2.74. The lowest BCUT2D eigenvalue weighted by atomic mass is 10.3. The van der Waals surface area contributed by atoms with E-state index in [2.05, 4.69) is 20.3 Å². The zero-order valence-electron chi connectivity index (χ0n) is 8.93. The molecule has 1 fully saturated rings. The van der Waals surface area contributed by atoms with E-state index in [4.69, 9.17) is 5.11 Å². The van der Waals surface area contributed by atoms with E-state index in [-0.39, 0.29) is 17.8 Å². The lowest BCUT2D eigenvalue weighted by Crippen LogP contribution is -2.26. The number of ether oxygens (including phenoxy) is 1. The minimum Gasteiger partial charge on any atom is -0.464 e. The van der Waals surface area contributed by atoms with Crippen LogP contribution >= 0.6 is 0 Å². The standard InChI is InChI=1S/C10H13N3O3/c1-16-9(15)7-2-3-8(13-12-7)11-10(6-14)4-5-10/h2-3,14H,4-6H2,1H3,(H,11,13). The average molecular weight is 223 g/mol. The van der Waals surface area contributed by atoms with Crippen molar-refractivity contribution < 1.29 is 14.6 Å². The van der Waals surface area contributed by atoms with Crippen molar-refractivity contribution in [2.45, 2.75) is 18.4 Å². The van der Waals surface area contributed by atoms with Crippen LogP contribution in [0.2, 0.25) is 0 Å². The van der Waals surface area contributed by atoms with Gasteiger partial charge in [0.05, 0.1) is 19.3 Å².